The van der Waals surface area contributed by atoms with Crippen molar-refractivity contribution in [3.8, 4) is 0 Å². The van der Waals surface area contributed by atoms with Crippen LogP contribution in [0.1, 0.15) is 18.3 Å². The standard InChI is InChI=1S/C16H19N5OS/c1-11(22-10-12-6-4-3-5-7-12)8-14-18-9-13-15(23)20(2)16(17)19-21(13)14/h3-7,9,11H,8,10H2,1-2H3,(H2,17,19)/t11-/m1/s1. The summed E-state index contributed by atoms with van der Waals surface area (Å²) >= 11 is 5.38. The molecule has 2 heterocycles. The molecule has 3 rings (SSSR count). The Kier molecular flexibility index (Phi) is 4.40. The smallest absolute Gasteiger partial charge is 0.219 e. The Bertz CT molecular complexity index is 871. The summed E-state index contributed by atoms with van der Waals surface area (Å²) in [6.07, 6.45) is 2.37. The van der Waals surface area contributed by atoms with Gasteiger partial charge in [-0.2, -0.15) is 0 Å². The van der Waals surface area contributed by atoms with Crippen LogP contribution in [0.25, 0.3) is 5.52 Å². The summed E-state index contributed by atoms with van der Waals surface area (Å²) in [7, 11) is 1.79. The minimum absolute atomic E-state index is 0.00589. The van der Waals surface area contributed by atoms with Crippen molar-refractivity contribution in [3.05, 3.63) is 52.6 Å². The number of imidazole rings is 1. The highest BCUT2D eigenvalue weighted by Crippen LogP contribution is 2.13. The van der Waals surface area contributed by atoms with E-state index in [0.717, 1.165) is 16.9 Å². The van der Waals surface area contributed by atoms with Crippen LogP contribution in [-0.4, -0.2) is 25.3 Å². The van der Waals surface area contributed by atoms with Gasteiger partial charge < -0.3 is 15.0 Å². The van der Waals surface area contributed by atoms with Crippen LogP contribution in [0, 0.1) is 4.64 Å². The Balaban J connectivity index is 1.75. The number of nitrogen functional groups attached to an aromatic ring is 1. The Morgan fingerprint density at radius 1 is 1.30 bits per heavy atom. The molecule has 0 bridgehead atoms. The third kappa shape index (κ3) is 3.25. The molecule has 0 radical (unpaired) electrons. The molecule has 0 saturated heterocycles. The molecule has 6 nitrogen and oxygen atoms in total. The zero-order valence-corrected chi connectivity index (χ0v) is 14.0. The van der Waals surface area contributed by atoms with Gasteiger partial charge in [0.1, 0.15) is 16.0 Å². The van der Waals surface area contributed by atoms with Crippen molar-refractivity contribution in [2.45, 2.75) is 26.1 Å². The van der Waals surface area contributed by atoms with Crippen molar-refractivity contribution in [1.29, 1.82) is 0 Å². The lowest BCUT2D eigenvalue weighted by Gasteiger charge is -2.13. The first-order chi connectivity index (χ1) is 11.1. The van der Waals surface area contributed by atoms with E-state index in [2.05, 4.69) is 10.1 Å². The molecule has 0 amide bonds. The van der Waals surface area contributed by atoms with E-state index in [0.29, 0.717) is 23.6 Å². The highest BCUT2D eigenvalue weighted by atomic mass is 32.1. The molecule has 2 N–H and O–H groups in total. The number of fused-ring (bicyclic) bond motifs is 1. The Morgan fingerprint density at radius 2 is 2.04 bits per heavy atom. The highest BCUT2D eigenvalue weighted by molar-refractivity contribution is 7.71. The maximum atomic E-state index is 5.89. The molecule has 7 heteroatoms. The highest BCUT2D eigenvalue weighted by Gasteiger charge is 2.13. The number of anilines is 1. The van der Waals surface area contributed by atoms with Crippen molar-refractivity contribution in [1.82, 2.24) is 19.2 Å². The zero-order valence-electron chi connectivity index (χ0n) is 13.1. The second-order valence-electron chi connectivity index (χ2n) is 5.51. The van der Waals surface area contributed by atoms with Crippen molar-refractivity contribution < 1.29 is 4.74 Å². The van der Waals surface area contributed by atoms with Crippen LogP contribution in [0.3, 0.4) is 0 Å². The third-order valence-corrected chi connectivity index (χ3v) is 4.21. The van der Waals surface area contributed by atoms with E-state index in [1.807, 2.05) is 37.3 Å². The van der Waals surface area contributed by atoms with Crippen molar-refractivity contribution >= 4 is 23.7 Å². The lowest BCUT2D eigenvalue weighted by atomic mass is 10.2. The van der Waals surface area contributed by atoms with Crippen LogP contribution in [-0.2, 0) is 24.8 Å². The first kappa shape index (κ1) is 15.6. The second-order valence-corrected chi connectivity index (χ2v) is 5.89. The summed E-state index contributed by atoms with van der Waals surface area (Å²) in [5.74, 6) is 1.15. The van der Waals surface area contributed by atoms with Crippen molar-refractivity contribution in [2.75, 3.05) is 5.73 Å². The summed E-state index contributed by atoms with van der Waals surface area (Å²) in [5, 5.41) is 4.34. The fourth-order valence-electron chi connectivity index (χ4n) is 2.35. The predicted molar refractivity (Wildman–Crippen MR) is 91.6 cm³/mol. The molecule has 23 heavy (non-hydrogen) atoms. The lowest BCUT2D eigenvalue weighted by Crippen LogP contribution is -2.16. The fourth-order valence-corrected chi connectivity index (χ4v) is 2.59. The van der Waals surface area contributed by atoms with Gasteiger partial charge >= 0.3 is 0 Å². The molecule has 0 saturated carbocycles. The maximum Gasteiger partial charge on any atom is 0.219 e. The molecule has 0 unspecified atom stereocenters. The van der Waals surface area contributed by atoms with E-state index in [1.165, 1.54) is 0 Å². The van der Waals surface area contributed by atoms with Gasteiger partial charge in [0, 0.05) is 13.5 Å². The first-order valence-electron chi connectivity index (χ1n) is 7.41. The molecule has 0 aliphatic heterocycles. The van der Waals surface area contributed by atoms with E-state index >= 15 is 0 Å². The number of benzene rings is 1. The number of hydrogen-bond donors (Lipinski definition) is 1. The van der Waals surface area contributed by atoms with Gasteiger partial charge in [0.25, 0.3) is 0 Å². The SMILES string of the molecule is C[C@H](Cc1ncc2c(=S)n(C)c(N)nn12)OCc1ccccc1. The van der Waals surface area contributed by atoms with E-state index < -0.39 is 0 Å². The summed E-state index contributed by atoms with van der Waals surface area (Å²) in [4.78, 5) is 4.42. The van der Waals surface area contributed by atoms with Crippen LogP contribution in [0.4, 0.5) is 5.95 Å². The van der Waals surface area contributed by atoms with Gasteiger partial charge in [0.05, 0.1) is 18.9 Å². The Morgan fingerprint density at radius 3 is 2.78 bits per heavy atom. The molecule has 0 aliphatic rings. The van der Waals surface area contributed by atoms with Gasteiger partial charge in [-0.1, -0.05) is 42.5 Å². The normalized spacial score (nSPS) is 12.6. The quantitative estimate of drug-likeness (QED) is 0.728. The average molecular weight is 329 g/mol. The maximum absolute atomic E-state index is 5.89. The van der Waals surface area contributed by atoms with Crippen molar-refractivity contribution in [3.63, 3.8) is 0 Å². The number of nitrogens with two attached hydrogens (primary N) is 1. The zero-order chi connectivity index (χ0) is 16.4. The van der Waals surface area contributed by atoms with E-state index in [-0.39, 0.29) is 6.10 Å². The summed E-state index contributed by atoms with van der Waals surface area (Å²) in [5.41, 5.74) is 7.81. The number of rotatable bonds is 5. The molecule has 3 aromatic rings. The first-order valence-corrected chi connectivity index (χ1v) is 7.81. The number of ether oxygens (including phenoxy) is 1. The topological polar surface area (TPSA) is 70.4 Å². The number of aromatic nitrogens is 4. The lowest BCUT2D eigenvalue weighted by molar-refractivity contribution is 0.0520. The molecular formula is C16H19N5OS. The molecule has 0 fully saturated rings. The average Bonchev–Trinajstić information content (AvgIpc) is 2.94. The predicted octanol–water partition coefficient (Wildman–Crippen LogP) is 2.53. The van der Waals surface area contributed by atoms with Crippen LogP contribution >= 0.6 is 12.2 Å². The van der Waals surface area contributed by atoms with Gasteiger partial charge in [-0.3, -0.25) is 0 Å². The van der Waals surface area contributed by atoms with Crippen molar-refractivity contribution in [2.24, 2.45) is 7.05 Å². The van der Waals surface area contributed by atoms with E-state index in [4.69, 9.17) is 22.7 Å². The molecule has 1 aromatic carbocycles. The van der Waals surface area contributed by atoms with E-state index in [1.54, 1.807) is 22.3 Å². The molecule has 0 aliphatic carbocycles. The molecular weight excluding hydrogens is 310 g/mol. The Labute approximate surface area is 139 Å². The second kappa shape index (κ2) is 6.47. The van der Waals surface area contributed by atoms with Crippen LogP contribution < -0.4 is 5.73 Å². The fraction of sp³-hybridized carbons (Fsp3) is 0.312. The summed E-state index contributed by atoms with van der Waals surface area (Å²) < 4.78 is 9.89. The van der Waals surface area contributed by atoms with Gasteiger partial charge in [0.2, 0.25) is 5.95 Å². The van der Waals surface area contributed by atoms with Crippen LogP contribution in [0.2, 0.25) is 0 Å². The third-order valence-electron chi connectivity index (χ3n) is 3.73. The van der Waals surface area contributed by atoms with Crippen LogP contribution in [0.5, 0.6) is 0 Å². The minimum atomic E-state index is 0.00589. The molecule has 120 valence electrons. The van der Waals surface area contributed by atoms with Gasteiger partial charge in [-0.25, -0.2) is 9.50 Å². The van der Waals surface area contributed by atoms with E-state index in [9.17, 15) is 0 Å². The largest absolute Gasteiger partial charge is 0.373 e. The Hall–Kier alpha value is -2.25. The molecule has 1 atom stereocenters. The number of hydrogen-bond acceptors (Lipinski definition) is 5. The number of nitrogens with zero attached hydrogens (tertiary/aromatic N) is 4. The summed E-state index contributed by atoms with van der Waals surface area (Å²) in [6, 6.07) is 10.1. The monoisotopic (exact) mass is 329 g/mol. The van der Waals surface area contributed by atoms with Gasteiger partial charge in [-0.15, -0.1) is 5.10 Å². The van der Waals surface area contributed by atoms with Gasteiger partial charge in [-0.05, 0) is 12.5 Å². The van der Waals surface area contributed by atoms with Crippen LogP contribution in [0.15, 0.2) is 36.5 Å². The minimum Gasteiger partial charge on any atom is -0.373 e. The summed E-state index contributed by atoms with van der Waals surface area (Å²) in [6.45, 7) is 2.59. The molecule has 0 spiro atoms. The van der Waals surface area contributed by atoms with Gasteiger partial charge in [0.15, 0.2) is 0 Å². The molecule has 2 aromatic heterocycles.